The summed E-state index contributed by atoms with van der Waals surface area (Å²) in [4.78, 5) is 14.9. The number of aromatic amines is 1. The fourth-order valence-corrected chi connectivity index (χ4v) is 3.40. The molecule has 0 atom stereocenters. The Labute approximate surface area is 162 Å². The highest BCUT2D eigenvalue weighted by Gasteiger charge is 2.20. The van der Waals surface area contributed by atoms with Crippen LogP contribution < -0.4 is 10.2 Å². The number of amides is 1. The number of carbonyl (C=O) groups excluding carboxylic acids is 1. The summed E-state index contributed by atoms with van der Waals surface area (Å²) in [6, 6.07) is 16.9. The van der Waals surface area contributed by atoms with E-state index in [1.807, 2.05) is 48.5 Å². The summed E-state index contributed by atoms with van der Waals surface area (Å²) < 4.78 is 5.41. The average Bonchev–Trinajstić information content (AvgIpc) is 3.20. The molecule has 3 aromatic rings. The molecule has 1 fully saturated rings. The molecule has 1 aliphatic rings. The van der Waals surface area contributed by atoms with Crippen LogP contribution in [0.5, 0.6) is 0 Å². The van der Waals surface area contributed by atoms with Crippen LogP contribution in [0.1, 0.15) is 10.5 Å². The number of nitrogens with zero attached hydrogens (tertiary/aromatic N) is 2. The third-order valence-electron chi connectivity index (χ3n) is 4.45. The zero-order chi connectivity index (χ0) is 18.6. The van der Waals surface area contributed by atoms with E-state index >= 15 is 0 Å². The van der Waals surface area contributed by atoms with Gasteiger partial charge in [-0.2, -0.15) is 5.10 Å². The van der Waals surface area contributed by atoms with Crippen LogP contribution in [-0.4, -0.2) is 42.4 Å². The fourth-order valence-electron chi connectivity index (χ4n) is 3.11. The predicted molar refractivity (Wildman–Crippen MR) is 106 cm³/mol. The Morgan fingerprint density at radius 1 is 1.11 bits per heavy atom. The lowest BCUT2D eigenvalue weighted by Crippen LogP contribution is -2.37. The van der Waals surface area contributed by atoms with Crippen molar-refractivity contribution in [2.75, 3.05) is 36.5 Å². The summed E-state index contributed by atoms with van der Waals surface area (Å²) in [5.74, 6) is -0.263. The molecule has 1 aromatic heterocycles. The first-order chi connectivity index (χ1) is 13.2. The van der Waals surface area contributed by atoms with Crippen molar-refractivity contribution in [2.24, 2.45) is 0 Å². The number of H-pyrrole nitrogens is 1. The number of ether oxygens (including phenoxy) is 1. The molecule has 2 N–H and O–H groups in total. The van der Waals surface area contributed by atoms with E-state index in [4.69, 9.17) is 16.3 Å². The Hall–Kier alpha value is -2.83. The van der Waals surface area contributed by atoms with Gasteiger partial charge in [0.05, 0.1) is 35.3 Å². The molecule has 138 valence electrons. The number of para-hydroxylation sites is 1. The monoisotopic (exact) mass is 382 g/mol. The normalized spacial score (nSPS) is 14.2. The van der Waals surface area contributed by atoms with Crippen LogP contribution in [0.4, 0.5) is 11.4 Å². The van der Waals surface area contributed by atoms with Crippen LogP contribution in [0.3, 0.4) is 0 Å². The molecule has 2 heterocycles. The number of nitrogens with one attached hydrogen (secondary N) is 2. The van der Waals surface area contributed by atoms with E-state index in [0.717, 1.165) is 30.0 Å². The van der Waals surface area contributed by atoms with Crippen LogP contribution in [0.2, 0.25) is 5.02 Å². The minimum atomic E-state index is -0.263. The van der Waals surface area contributed by atoms with Gasteiger partial charge in [-0.05, 0) is 18.2 Å². The predicted octanol–water partition coefficient (Wildman–Crippen LogP) is 3.82. The molecule has 4 rings (SSSR count). The molecule has 0 unspecified atom stereocenters. The topological polar surface area (TPSA) is 70.2 Å². The first-order valence-corrected chi connectivity index (χ1v) is 9.13. The Morgan fingerprint density at radius 2 is 1.89 bits per heavy atom. The van der Waals surface area contributed by atoms with Gasteiger partial charge in [0, 0.05) is 18.7 Å². The SMILES string of the molecule is O=C(Nc1cccc(Cl)c1N1CCOCC1)c1cc(-c2ccccc2)n[nH]1. The van der Waals surface area contributed by atoms with Gasteiger partial charge in [-0.25, -0.2) is 0 Å². The van der Waals surface area contributed by atoms with E-state index in [0.29, 0.717) is 29.6 Å². The van der Waals surface area contributed by atoms with Crippen molar-refractivity contribution in [2.45, 2.75) is 0 Å². The van der Waals surface area contributed by atoms with E-state index in [9.17, 15) is 4.79 Å². The van der Waals surface area contributed by atoms with Crippen molar-refractivity contribution in [1.29, 1.82) is 0 Å². The number of morpholine rings is 1. The number of hydrogen-bond donors (Lipinski definition) is 2. The van der Waals surface area contributed by atoms with E-state index in [1.54, 1.807) is 6.07 Å². The largest absolute Gasteiger partial charge is 0.378 e. The number of anilines is 2. The highest BCUT2D eigenvalue weighted by molar-refractivity contribution is 6.34. The van der Waals surface area contributed by atoms with Gasteiger partial charge in [0.1, 0.15) is 5.69 Å². The van der Waals surface area contributed by atoms with Gasteiger partial charge < -0.3 is 15.0 Å². The second-order valence-electron chi connectivity index (χ2n) is 6.22. The minimum absolute atomic E-state index is 0.263. The highest BCUT2D eigenvalue weighted by Crippen LogP contribution is 2.34. The zero-order valence-electron chi connectivity index (χ0n) is 14.6. The number of carbonyl (C=O) groups is 1. The lowest BCUT2D eigenvalue weighted by atomic mass is 10.1. The molecule has 1 amide bonds. The maximum absolute atomic E-state index is 12.7. The molecule has 0 bridgehead atoms. The van der Waals surface area contributed by atoms with E-state index in [1.165, 1.54) is 0 Å². The van der Waals surface area contributed by atoms with Crippen molar-refractivity contribution < 1.29 is 9.53 Å². The second kappa shape index (κ2) is 7.82. The minimum Gasteiger partial charge on any atom is -0.378 e. The zero-order valence-corrected chi connectivity index (χ0v) is 15.4. The Kier molecular flexibility index (Phi) is 5.09. The van der Waals surface area contributed by atoms with E-state index < -0.39 is 0 Å². The fraction of sp³-hybridized carbons (Fsp3) is 0.200. The first-order valence-electron chi connectivity index (χ1n) is 8.76. The lowest BCUT2D eigenvalue weighted by molar-refractivity contribution is 0.102. The second-order valence-corrected chi connectivity index (χ2v) is 6.63. The Morgan fingerprint density at radius 3 is 2.67 bits per heavy atom. The van der Waals surface area contributed by atoms with Crippen molar-refractivity contribution in [3.63, 3.8) is 0 Å². The van der Waals surface area contributed by atoms with Gasteiger partial charge in [-0.1, -0.05) is 48.0 Å². The number of benzene rings is 2. The van der Waals surface area contributed by atoms with Crippen LogP contribution in [0.15, 0.2) is 54.6 Å². The summed E-state index contributed by atoms with van der Waals surface area (Å²) in [5, 5.41) is 10.6. The molecule has 7 heteroatoms. The van der Waals surface area contributed by atoms with Crippen molar-refractivity contribution in [3.05, 3.63) is 65.3 Å². The molecule has 0 saturated carbocycles. The molecule has 0 radical (unpaired) electrons. The van der Waals surface area contributed by atoms with Gasteiger partial charge in [0.15, 0.2) is 0 Å². The van der Waals surface area contributed by atoms with Crippen LogP contribution in [0, 0.1) is 0 Å². The van der Waals surface area contributed by atoms with Gasteiger partial charge in [0.25, 0.3) is 5.91 Å². The van der Waals surface area contributed by atoms with E-state index in [-0.39, 0.29) is 5.91 Å². The third-order valence-corrected chi connectivity index (χ3v) is 4.76. The van der Waals surface area contributed by atoms with Crippen LogP contribution in [-0.2, 0) is 4.74 Å². The maximum atomic E-state index is 12.7. The molecule has 6 nitrogen and oxygen atoms in total. The maximum Gasteiger partial charge on any atom is 0.273 e. The highest BCUT2D eigenvalue weighted by atomic mass is 35.5. The Bertz CT molecular complexity index is 936. The quantitative estimate of drug-likeness (QED) is 0.719. The van der Waals surface area contributed by atoms with Crippen molar-refractivity contribution >= 4 is 28.9 Å². The number of aromatic nitrogens is 2. The molecule has 2 aromatic carbocycles. The summed E-state index contributed by atoms with van der Waals surface area (Å²) in [5.41, 5.74) is 3.55. The van der Waals surface area contributed by atoms with Crippen LogP contribution in [0.25, 0.3) is 11.3 Å². The molecule has 1 saturated heterocycles. The van der Waals surface area contributed by atoms with Gasteiger partial charge in [-0.15, -0.1) is 0 Å². The molecule has 0 spiro atoms. The lowest BCUT2D eigenvalue weighted by Gasteiger charge is -2.31. The van der Waals surface area contributed by atoms with E-state index in [2.05, 4.69) is 20.4 Å². The molecule has 27 heavy (non-hydrogen) atoms. The molecular formula is C20H19ClN4O2. The summed E-state index contributed by atoms with van der Waals surface area (Å²) >= 11 is 6.42. The smallest absolute Gasteiger partial charge is 0.273 e. The molecular weight excluding hydrogens is 364 g/mol. The van der Waals surface area contributed by atoms with Gasteiger partial charge in [-0.3, -0.25) is 9.89 Å². The first kappa shape index (κ1) is 17.6. The van der Waals surface area contributed by atoms with Gasteiger partial charge in [0.2, 0.25) is 0 Å². The number of hydrogen-bond acceptors (Lipinski definition) is 4. The summed E-state index contributed by atoms with van der Waals surface area (Å²) in [6.45, 7) is 2.74. The van der Waals surface area contributed by atoms with Crippen molar-refractivity contribution in [3.8, 4) is 11.3 Å². The third kappa shape index (κ3) is 3.82. The summed E-state index contributed by atoms with van der Waals surface area (Å²) in [6.07, 6.45) is 0. The molecule has 1 aliphatic heterocycles. The summed E-state index contributed by atoms with van der Waals surface area (Å²) in [7, 11) is 0. The standard InChI is InChI=1S/C20H19ClN4O2/c21-15-7-4-8-16(19(15)25-9-11-27-12-10-25)22-20(26)18-13-17(23-24-18)14-5-2-1-3-6-14/h1-8,13H,9-12H2,(H,22,26)(H,23,24). The van der Waals surface area contributed by atoms with Crippen LogP contribution >= 0.6 is 11.6 Å². The average molecular weight is 383 g/mol. The van der Waals surface area contributed by atoms with Crippen molar-refractivity contribution in [1.82, 2.24) is 10.2 Å². The Balaban J connectivity index is 1.57. The molecule has 0 aliphatic carbocycles. The van der Waals surface area contributed by atoms with Gasteiger partial charge >= 0.3 is 0 Å². The number of halogens is 1. The number of rotatable bonds is 4.